The van der Waals surface area contributed by atoms with Crippen molar-refractivity contribution in [3.63, 3.8) is 0 Å². The molecule has 0 saturated carbocycles. The summed E-state index contributed by atoms with van der Waals surface area (Å²) in [5.41, 5.74) is 0. The third-order valence-corrected chi connectivity index (χ3v) is 2.77. The van der Waals surface area contributed by atoms with E-state index in [9.17, 15) is 4.79 Å². The molecule has 1 aliphatic rings. The number of anilines is 1. The van der Waals surface area contributed by atoms with Crippen LogP contribution in [0.4, 0.5) is 5.82 Å². The standard InChI is InChI=1S/C10H12ClN3O2/c1-16-10-12-6-8(11)9(13-10)14-4-2-7(15)3-5-14/h6H,2-5H2,1H3. The summed E-state index contributed by atoms with van der Waals surface area (Å²) in [6, 6.07) is 0.288. The Morgan fingerprint density at radius 3 is 2.75 bits per heavy atom. The second-order valence-electron chi connectivity index (χ2n) is 3.55. The fourth-order valence-electron chi connectivity index (χ4n) is 1.63. The minimum atomic E-state index is 0.286. The van der Waals surface area contributed by atoms with Gasteiger partial charge in [-0.05, 0) is 0 Å². The Bertz CT molecular complexity index is 401. The predicted octanol–water partition coefficient (Wildman–Crippen LogP) is 1.31. The van der Waals surface area contributed by atoms with Crippen molar-refractivity contribution in [2.75, 3.05) is 25.1 Å². The molecule has 0 atom stereocenters. The molecule has 0 aliphatic carbocycles. The predicted molar refractivity (Wildman–Crippen MR) is 60.0 cm³/mol. The molecule has 0 N–H and O–H groups in total. The highest BCUT2D eigenvalue weighted by Gasteiger charge is 2.20. The van der Waals surface area contributed by atoms with Crippen molar-refractivity contribution in [1.82, 2.24) is 9.97 Å². The SMILES string of the molecule is COc1ncc(Cl)c(N2CCC(=O)CC2)n1. The summed E-state index contributed by atoms with van der Waals surface area (Å²) in [7, 11) is 1.51. The van der Waals surface area contributed by atoms with Crippen LogP contribution < -0.4 is 9.64 Å². The highest BCUT2D eigenvalue weighted by atomic mass is 35.5. The first-order chi connectivity index (χ1) is 7.70. The van der Waals surface area contributed by atoms with Gasteiger partial charge in [-0.15, -0.1) is 0 Å². The molecule has 1 aromatic rings. The van der Waals surface area contributed by atoms with Crippen LogP contribution in [-0.2, 0) is 4.79 Å². The number of piperidine rings is 1. The number of nitrogens with zero attached hydrogens (tertiary/aromatic N) is 3. The van der Waals surface area contributed by atoms with Gasteiger partial charge in [0.1, 0.15) is 10.8 Å². The van der Waals surface area contributed by atoms with E-state index in [0.29, 0.717) is 36.8 Å². The Labute approximate surface area is 98.4 Å². The van der Waals surface area contributed by atoms with Crippen molar-refractivity contribution in [3.8, 4) is 6.01 Å². The van der Waals surface area contributed by atoms with Crippen LogP contribution in [0.3, 0.4) is 0 Å². The Morgan fingerprint density at radius 2 is 2.12 bits per heavy atom. The molecule has 1 aromatic heterocycles. The zero-order valence-electron chi connectivity index (χ0n) is 8.94. The van der Waals surface area contributed by atoms with E-state index in [1.807, 2.05) is 4.90 Å². The molecule has 0 radical (unpaired) electrons. The molecule has 2 heterocycles. The van der Waals surface area contributed by atoms with Gasteiger partial charge in [-0.2, -0.15) is 4.98 Å². The molecule has 0 unspecified atom stereocenters. The van der Waals surface area contributed by atoms with Crippen LogP contribution in [0.5, 0.6) is 6.01 Å². The van der Waals surface area contributed by atoms with Gasteiger partial charge in [0, 0.05) is 25.9 Å². The zero-order chi connectivity index (χ0) is 11.5. The van der Waals surface area contributed by atoms with E-state index in [0.717, 1.165) is 0 Å². The quantitative estimate of drug-likeness (QED) is 0.781. The third-order valence-electron chi connectivity index (χ3n) is 2.51. The summed E-state index contributed by atoms with van der Waals surface area (Å²) in [5.74, 6) is 0.925. The number of ether oxygens (including phenoxy) is 1. The van der Waals surface area contributed by atoms with Crippen molar-refractivity contribution < 1.29 is 9.53 Å². The zero-order valence-corrected chi connectivity index (χ0v) is 9.70. The summed E-state index contributed by atoms with van der Waals surface area (Å²) in [4.78, 5) is 21.2. The van der Waals surface area contributed by atoms with E-state index >= 15 is 0 Å². The molecule has 16 heavy (non-hydrogen) atoms. The van der Waals surface area contributed by atoms with Crippen LogP contribution in [0, 0.1) is 0 Å². The smallest absolute Gasteiger partial charge is 0.318 e. The lowest BCUT2D eigenvalue weighted by Crippen LogP contribution is -2.34. The fourth-order valence-corrected chi connectivity index (χ4v) is 1.84. The molecule has 1 aliphatic heterocycles. The van der Waals surface area contributed by atoms with Crippen LogP contribution >= 0.6 is 11.6 Å². The van der Waals surface area contributed by atoms with Gasteiger partial charge in [-0.3, -0.25) is 4.79 Å². The number of methoxy groups -OCH3 is 1. The minimum absolute atomic E-state index is 0.286. The van der Waals surface area contributed by atoms with Gasteiger partial charge in [0.25, 0.3) is 0 Å². The first kappa shape index (κ1) is 11.1. The third kappa shape index (κ3) is 2.24. The highest BCUT2D eigenvalue weighted by Crippen LogP contribution is 2.26. The summed E-state index contributed by atoms with van der Waals surface area (Å²) in [6.07, 6.45) is 2.60. The van der Waals surface area contributed by atoms with Crippen molar-refractivity contribution in [3.05, 3.63) is 11.2 Å². The van der Waals surface area contributed by atoms with E-state index in [1.54, 1.807) is 0 Å². The monoisotopic (exact) mass is 241 g/mol. The number of hydrogen-bond acceptors (Lipinski definition) is 5. The number of Topliss-reactive ketones (excluding diaryl/α,β-unsaturated/α-hetero) is 1. The van der Waals surface area contributed by atoms with Gasteiger partial charge in [0.15, 0.2) is 5.82 Å². The van der Waals surface area contributed by atoms with Crippen LogP contribution in [0.25, 0.3) is 0 Å². The first-order valence-corrected chi connectivity index (χ1v) is 5.41. The Morgan fingerprint density at radius 1 is 1.44 bits per heavy atom. The van der Waals surface area contributed by atoms with Gasteiger partial charge < -0.3 is 9.64 Å². The van der Waals surface area contributed by atoms with E-state index in [1.165, 1.54) is 13.3 Å². The van der Waals surface area contributed by atoms with Gasteiger partial charge in [0.2, 0.25) is 0 Å². The second kappa shape index (κ2) is 4.65. The van der Waals surface area contributed by atoms with Crippen LogP contribution in [0.1, 0.15) is 12.8 Å². The molecule has 1 saturated heterocycles. The largest absolute Gasteiger partial charge is 0.467 e. The molecule has 0 amide bonds. The van der Waals surface area contributed by atoms with Crippen molar-refractivity contribution in [1.29, 1.82) is 0 Å². The van der Waals surface area contributed by atoms with Gasteiger partial charge in [-0.1, -0.05) is 11.6 Å². The van der Waals surface area contributed by atoms with Crippen molar-refractivity contribution >= 4 is 23.2 Å². The lowest BCUT2D eigenvalue weighted by Gasteiger charge is -2.27. The van der Waals surface area contributed by atoms with Gasteiger partial charge in [-0.25, -0.2) is 4.98 Å². The van der Waals surface area contributed by atoms with E-state index < -0.39 is 0 Å². The molecule has 0 bridgehead atoms. The second-order valence-corrected chi connectivity index (χ2v) is 3.96. The van der Waals surface area contributed by atoms with Crippen molar-refractivity contribution in [2.45, 2.75) is 12.8 Å². The molecule has 5 nitrogen and oxygen atoms in total. The number of carbonyl (C=O) groups excluding carboxylic acids is 1. The molecule has 1 fully saturated rings. The van der Waals surface area contributed by atoms with E-state index in [4.69, 9.17) is 16.3 Å². The van der Waals surface area contributed by atoms with Crippen molar-refractivity contribution in [2.24, 2.45) is 0 Å². The Hall–Kier alpha value is -1.36. The van der Waals surface area contributed by atoms with E-state index in [2.05, 4.69) is 9.97 Å². The normalized spacial score (nSPS) is 16.4. The number of ketones is 1. The maximum atomic E-state index is 11.1. The molecular formula is C10H12ClN3O2. The number of aromatic nitrogens is 2. The van der Waals surface area contributed by atoms with E-state index in [-0.39, 0.29) is 11.8 Å². The lowest BCUT2D eigenvalue weighted by atomic mass is 10.1. The molecular weight excluding hydrogens is 230 g/mol. The summed E-state index contributed by atoms with van der Waals surface area (Å²) >= 11 is 6.02. The number of carbonyl (C=O) groups is 1. The average molecular weight is 242 g/mol. The molecule has 6 heteroatoms. The number of hydrogen-bond donors (Lipinski definition) is 0. The molecule has 2 rings (SSSR count). The van der Waals surface area contributed by atoms with Crippen LogP contribution in [0.2, 0.25) is 5.02 Å². The Kier molecular flexibility index (Phi) is 3.24. The van der Waals surface area contributed by atoms with Crippen LogP contribution in [-0.4, -0.2) is 36.0 Å². The first-order valence-electron chi connectivity index (χ1n) is 5.04. The summed E-state index contributed by atoms with van der Waals surface area (Å²) < 4.78 is 4.95. The lowest BCUT2D eigenvalue weighted by molar-refractivity contribution is -0.119. The average Bonchev–Trinajstić information content (AvgIpc) is 2.31. The summed E-state index contributed by atoms with van der Waals surface area (Å²) in [5, 5.41) is 0.482. The number of halogens is 1. The topological polar surface area (TPSA) is 55.3 Å². The fraction of sp³-hybridized carbons (Fsp3) is 0.500. The molecule has 86 valence electrons. The van der Waals surface area contributed by atoms with Crippen LogP contribution in [0.15, 0.2) is 6.20 Å². The summed E-state index contributed by atoms with van der Waals surface area (Å²) in [6.45, 7) is 1.30. The highest BCUT2D eigenvalue weighted by molar-refractivity contribution is 6.32. The maximum Gasteiger partial charge on any atom is 0.318 e. The molecule has 0 aromatic carbocycles. The van der Waals surface area contributed by atoms with Gasteiger partial charge >= 0.3 is 6.01 Å². The van der Waals surface area contributed by atoms with Gasteiger partial charge in [0.05, 0.1) is 13.3 Å². The Balaban J connectivity index is 2.22. The number of rotatable bonds is 2. The maximum absolute atomic E-state index is 11.1. The minimum Gasteiger partial charge on any atom is -0.467 e. The molecule has 0 spiro atoms.